The van der Waals surface area contributed by atoms with Crippen LogP contribution in [0.1, 0.15) is 50.1 Å². The van der Waals surface area contributed by atoms with Crippen LogP contribution in [0.2, 0.25) is 5.02 Å². The molecule has 0 aliphatic heterocycles. The summed E-state index contributed by atoms with van der Waals surface area (Å²) in [5.41, 5.74) is 13.3. The molecule has 0 atom stereocenters. The van der Waals surface area contributed by atoms with E-state index in [0.29, 0.717) is 0 Å². The van der Waals surface area contributed by atoms with Gasteiger partial charge in [0.15, 0.2) is 0 Å². The van der Waals surface area contributed by atoms with Crippen LogP contribution in [0.15, 0.2) is 146 Å². The predicted octanol–water partition coefficient (Wildman–Crippen LogP) is 9.71. The average molecular weight is 531 g/mol. The van der Waals surface area contributed by atoms with Crippen LogP contribution in [-0.2, 0) is 10.8 Å². The van der Waals surface area contributed by atoms with Gasteiger partial charge in [-0.2, -0.15) is 0 Å². The summed E-state index contributed by atoms with van der Waals surface area (Å²) in [7, 11) is 0. The van der Waals surface area contributed by atoms with Gasteiger partial charge in [0.2, 0.25) is 0 Å². The van der Waals surface area contributed by atoms with Crippen molar-refractivity contribution in [2.45, 2.75) is 17.8 Å². The van der Waals surface area contributed by atoms with Crippen molar-refractivity contribution in [2.24, 2.45) is 0 Å². The molecule has 1 heteroatoms. The first-order chi connectivity index (χ1) is 19.7. The van der Waals surface area contributed by atoms with E-state index in [2.05, 4.69) is 153 Å². The summed E-state index contributed by atoms with van der Waals surface area (Å²) in [6.45, 7) is 2.19. The van der Waals surface area contributed by atoms with Crippen molar-refractivity contribution in [3.63, 3.8) is 0 Å². The van der Waals surface area contributed by atoms with Crippen molar-refractivity contribution in [1.29, 1.82) is 0 Å². The van der Waals surface area contributed by atoms with E-state index in [0.717, 1.165) is 5.02 Å². The van der Waals surface area contributed by atoms with Gasteiger partial charge in [-0.15, -0.1) is 0 Å². The molecule has 2 aliphatic rings. The molecule has 0 amide bonds. The molecule has 6 aromatic carbocycles. The van der Waals surface area contributed by atoms with Crippen LogP contribution in [0.5, 0.6) is 0 Å². The molecule has 6 aromatic rings. The molecule has 2 aliphatic carbocycles. The highest BCUT2D eigenvalue weighted by atomic mass is 35.5. The number of hydrogen-bond donors (Lipinski definition) is 0. The number of halogens is 1. The lowest BCUT2D eigenvalue weighted by molar-refractivity contribution is 0.623. The third-order valence-corrected chi connectivity index (χ3v) is 9.37. The van der Waals surface area contributed by atoms with E-state index in [1.54, 1.807) is 0 Å². The zero-order chi connectivity index (χ0) is 26.9. The quantitative estimate of drug-likeness (QED) is 0.208. The van der Waals surface area contributed by atoms with Crippen molar-refractivity contribution in [3.05, 3.63) is 201 Å². The van der Waals surface area contributed by atoms with Crippen molar-refractivity contribution in [2.75, 3.05) is 0 Å². The van der Waals surface area contributed by atoms with Gasteiger partial charge in [-0.1, -0.05) is 151 Å². The Morgan fingerprint density at radius 1 is 0.400 bits per heavy atom. The SMILES string of the molecule is Cc1cccc(C2(c3ccccc3)c3ccccc3C3(c4ccccc4-c4cc(Cl)ccc43)c3ccccc32)c1. The molecule has 0 aromatic heterocycles. The highest BCUT2D eigenvalue weighted by Crippen LogP contribution is 2.64. The third kappa shape index (κ3) is 2.87. The normalized spacial score (nSPS) is 19.9. The van der Waals surface area contributed by atoms with Gasteiger partial charge in [-0.05, 0) is 74.7 Å². The second kappa shape index (κ2) is 8.55. The van der Waals surface area contributed by atoms with Crippen LogP contribution < -0.4 is 0 Å². The van der Waals surface area contributed by atoms with E-state index in [1.165, 1.54) is 61.2 Å². The molecule has 190 valence electrons. The second-order valence-corrected chi connectivity index (χ2v) is 11.5. The number of fused-ring (bicyclic) bond motifs is 9. The number of hydrogen-bond acceptors (Lipinski definition) is 0. The van der Waals surface area contributed by atoms with Crippen LogP contribution in [0.3, 0.4) is 0 Å². The van der Waals surface area contributed by atoms with E-state index < -0.39 is 10.8 Å². The number of rotatable bonds is 2. The Kier molecular flexibility index (Phi) is 5.02. The molecule has 0 N–H and O–H groups in total. The van der Waals surface area contributed by atoms with Gasteiger partial charge in [0.25, 0.3) is 0 Å². The van der Waals surface area contributed by atoms with Gasteiger partial charge < -0.3 is 0 Å². The van der Waals surface area contributed by atoms with Gasteiger partial charge in [0.05, 0.1) is 10.8 Å². The van der Waals surface area contributed by atoms with Gasteiger partial charge in [0.1, 0.15) is 0 Å². The van der Waals surface area contributed by atoms with Crippen LogP contribution in [-0.4, -0.2) is 0 Å². The minimum absolute atomic E-state index is 0.453. The summed E-state index contributed by atoms with van der Waals surface area (Å²) in [6.07, 6.45) is 0. The van der Waals surface area contributed by atoms with Crippen LogP contribution in [0.25, 0.3) is 11.1 Å². The topological polar surface area (TPSA) is 0 Å². The molecule has 0 unspecified atom stereocenters. The predicted molar refractivity (Wildman–Crippen MR) is 165 cm³/mol. The molecule has 8 rings (SSSR count). The van der Waals surface area contributed by atoms with Crippen molar-refractivity contribution >= 4 is 11.6 Å². The lowest BCUT2D eigenvalue weighted by Crippen LogP contribution is -2.44. The Morgan fingerprint density at radius 3 is 1.57 bits per heavy atom. The zero-order valence-electron chi connectivity index (χ0n) is 22.2. The fourth-order valence-corrected chi connectivity index (χ4v) is 7.93. The van der Waals surface area contributed by atoms with Gasteiger partial charge in [0, 0.05) is 5.02 Å². The molecular weight excluding hydrogens is 504 g/mol. The molecule has 40 heavy (non-hydrogen) atoms. The zero-order valence-corrected chi connectivity index (χ0v) is 23.0. The highest BCUT2D eigenvalue weighted by molar-refractivity contribution is 6.31. The molecule has 0 saturated heterocycles. The first-order valence-electron chi connectivity index (χ1n) is 13.9. The molecule has 0 bridgehead atoms. The average Bonchev–Trinajstić information content (AvgIpc) is 3.28. The summed E-state index contributed by atoms with van der Waals surface area (Å²) >= 11 is 6.64. The van der Waals surface area contributed by atoms with Crippen molar-refractivity contribution in [1.82, 2.24) is 0 Å². The van der Waals surface area contributed by atoms with E-state index >= 15 is 0 Å². The molecule has 1 spiro atoms. The fourth-order valence-electron chi connectivity index (χ4n) is 7.76. The third-order valence-electron chi connectivity index (χ3n) is 9.13. The van der Waals surface area contributed by atoms with E-state index in [-0.39, 0.29) is 0 Å². The minimum atomic E-state index is -0.476. The minimum Gasteiger partial charge on any atom is -0.0843 e. The maximum absolute atomic E-state index is 6.64. The monoisotopic (exact) mass is 530 g/mol. The number of aryl methyl sites for hydroxylation is 1. The molecular formula is C39H27Cl. The molecule has 0 saturated carbocycles. The maximum atomic E-state index is 6.64. The summed E-state index contributed by atoms with van der Waals surface area (Å²) in [5, 5.41) is 0.765. The summed E-state index contributed by atoms with van der Waals surface area (Å²) in [6, 6.07) is 53.7. The van der Waals surface area contributed by atoms with E-state index in [4.69, 9.17) is 11.6 Å². The number of benzene rings is 6. The van der Waals surface area contributed by atoms with Crippen LogP contribution in [0, 0.1) is 6.92 Å². The first kappa shape index (κ1) is 23.5. The van der Waals surface area contributed by atoms with Crippen molar-refractivity contribution < 1.29 is 0 Å². The Labute approximate surface area is 240 Å². The summed E-state index contributed by atoms with van der Waals surface area (Å²) < 4.78 is 0. The van der Waals surface area contributed by atoms with Gasteiger partial charge in [-0.25, -0.2) is 0 Å². The molecule has 0 heterocycles. The summed E-state index contributed by atoms with van der Waals surface area (Å²) in [4.78, 5) is 0. The lowest BCUT2D eigenvalue weighted by Gasteiger charge is -2.50. The standard InChI is InChI=1S/C39H27Cl/c1-26-12-11-15-28(24-26)38(27-13-3-2-4-14-27)34-18-7-9-20-36(34)39(37-21-10-8-19-35(37)38)32-17-6-5-16-30(32)31-25-29(40)22-23-33(31)39/h2-25H,1H3. The molecule has 0 fully saturated rings. The van der Waals surface area contributed by atoms with Gasteiger partial charge in [-0.3, -0.25) is 0 Å². The Balaban J connectivity index is 1.62. The van der Waals surface area contributed by atoms with Crippen molar-refractivity contribution in [3.8, 4) is 11.1 Å². The lowest BCUT2D eigenvalue weighted by atomic mass is 9.51. The van der Waals surface area contributed by atoms with Crippen LogP contribution >= 0.6 is 11.6 Å². The highest BCUT2D eigenvalue weighted by Gasteiger charge is 2.56. The van der Waals surface area contributed by atoms with E-state index in [1.807, 2.05) is 0 Å². The molecule has 0 nitrogen and oxygen atoms in total. The van der Waals surface area contributed by atoms with Crippen LogP contribution in [0.4, 0.5) is 0 Å². The fraction of sp³-hybridized carbons (Fsp3) is 0.0769. The first-order valence-corrected chi connectivity index (χ1v) is 14.3. The molecule has 0 radical (unpaired) electrons. The Morgan fingerprint density at radius 2 is 0.925 bits per heavy atom. The Hall–Kier alpha value is -4.39. The summed E-state index contributed by atoms with van der Waals surface area (Å²) in [5.74, 6) is 0. The van der Waals surface area contributed by atoms with E-state index in [9.17, 15) is 0 Å². The van der Waals surface area contributed by atoms with Gasteiger partial charge >= 0.3 is 0 Å². The smallest absolute Gasteiger partial charge is 0.0720 e. The largest absolute Gasteiger partial charge is 0.0843 e. The maximum Gasteiger partial charge on any atom is 0.0720 e. The second-order valence-electron chi connectivity index (χ2n) is 11.1. The Bertz CT molecular complexity index is 1880.